The third-order valence-electron chi connectivity index (χ3n) is 5.70. The van der Waals surface area contributed by atoms with Crippen molar-refractivity contribution >= 4 is 27.1 Å². The van der Waals surface area contributed by atoms with Crippen molar-refractivity contribution in [1.29, 1.82) is 0 Å². The number of piperazine rings is 1. The van der Waals surface area contributed by atoms with Crippen LogP contribution in [0.2, 0.25) is 0 Å². The van der Waals surface area contributed by atoms with Crippen molar-refractivity contribution < 1.29 is 13.2 Å². The molecule has 2 aliphatic heterocycles. The van der Waals surface area contributed by atoms with Gasteiger partial charge >= 0.3 is 0 Å². The topological polar surface area (TPSA) is 57.7 Å². The molecule has 2 heterocycles. The monoisotopic (exact) mass is 398 g/mol. The molecule has 0 N–H and O–H groups in total. The van der Waals surface area contributed by atoms with E-state index < -0.39 is 9.84 Å². The number of anilines is 2. The van der Waals surface area contributed by atoms with Gasteiger partial charge < -0.3 is 9.80 Å². The molecule has 0 aromatic heterocycles. The maximum absolute atomic E-state index is 13.0. The smallest absolute Gasteiger partial charge is 0.246 e. The van der Waals surface area contributed by atoms with Crippen LogP contribution in [0.25, 0.3) is 0 Å². The molecule has 0 saturated carbocycles. The van der Waals surface area contributed by atoms with Crippen molar-refractivity contribution in [2.45, 2.75) is 38.3 Å². The van der Waals surface area contributed by atoms with Gasteiger partial charge in [0.1, 0.15) is 0 Å². The molecule has 148 valence electrons. The van der Waals surface area contributed by atoms with Crippen molar-refractivity contribution in [3.05, 3.63) is 60.2 Å². The zero-order valence-electron chi connectivity index (χ0n) is 16.5. The molecule has 2 aromatic carbocycles. The first-order valence-corrected chi connectivity index (χ1v) is 11.4. The predicted molar refractivity (Wildman–Crippen MR) is 113 cm³/mol. The number of sulfone groups is 1. The average Bonchev–Trinajstić information content (AvgIpc) is 2.96. The van der Waals surface area contributed by atoms with E-state index in [2.05, 4.69) is 32.9 Å². The van der Waals surface area contributed by atoms with Crippen LogP contribution >= 0.6 is 0 Å². The van der Waals surface area contributed by atoms with Crippen molar-refractivity contribution in [3.63, 3.8) is 0 Å². The number of fused-ring (bicyclic) bond motifs is 1. The summed E-state index contributed by atoms with van der Waals surface area (Å²) >= 11 is 0. The molecule has 0 spiro atoms. The highest BCUT2D eigenvalue weighted by Crippen LogP contribution is 2.35. The molecular formula is C22H26N2O3S. The summed E-state index contributed by atoms with van der Waals surface area (Å²) in [6.45, 7) is 6.65. The first-order valence-electron chi connectivity index (χ1n) is 9.60. The number of para-hydroxylation sites is 1. The van der Waals surface area contributed by atoms with Gasteiger partial charge in [-0.25, -0.2) is 8.42 Å². The summed E-state index contributed by atoms with van der Waals surface area (Å²) in [6.07, 6.45) is 0. The Morgan fingerprint density at radius 2 is 1.46 bits per heavy atom. The van der Waals surface area contributed by atoms with Crippen molar-refractivity contribution in [2.75, 3.05) is 27.9 Å². The zero-order chi connectivity index (χ0) is 20.1. The Kier molecular flexibility index (Phi) is 4.49. The highest BCUT2D eigenvalue weighted by molar-refractivity contribution is 7.91. The van der Waals surface area contributed by atoms with Crippen LogP contribution in [-0.2, 0) is 20.0 Å². The third-order valence-corrected chi connectivity index (χ3v) is 7.40. The van der Waals surface area contributed by atoms with Crippen LogP contribution in [-0.4, -0.2) is 44.5 Å². The number of carbonyl (C=O) groups excluding carboxylic acids is 1. The minimum atomic E-state index is -3.20. The van der Waals surface area contributed by atoms with Gasteiger partial charge in [0.15, 0.2) is 9.84 Å². The molecule has 4 rings (SSSR count). The molecule has 2 aliphatic rings. The lowest BCUT2D eigenvalue weighted by Crippen LogP contribution is -2.62. The maximum atomic E-state index is 13.0. The van der Waals surface area contributed by atoms with E-state index in [1.54, 1.807) is 4.90 Å². The highest BCUT2D eigenvalue weighted by atomic mass is 32.2. The first-order chi connectivity index (χ1) is 13.2. The zero-order valence-corrected chi connectivity index (χ0v) is 17.3. The molecule has 2 saturated heterocycles. The number of nitrogens with zero attached hydrogens (tertiary/aromatic N) is 2. The summed E-state index contributed by atoms with van der Waals surface area (Å²) in [5.74, 6) is 0.0222. The third kappa shape index (κ3) is 3.41. The number of benzene rings is 2. The fraction of sp³-hybridized carbons (Fsp3) is 0.409. The van der Waals surface area contributed by atoms with E-state index in [-0.39, 0.29) is 41.5 Å². The van der Waals surface area contributed by atoms with Crippen molar-refractivity contribution in [3.8, 4) is 0 Å². The molecule has 2 aromatic rings. The van der Waals surface area contributed by atoms with E-state index in [1.165, 1.54) is 5.56 Å². The Labute approximate surface area is 166 Å². The van der Waals surface area contributed by atoms with E-state index in [4.69, 9.17) is 0 Å². The summed E-state index contributed by atoms with van der Waals surface area (Å²) < 4.78 is 25.0. The molecule has 0 unspecified atom stereocenters. The second kappa shape index (κ2) is 6.62. The lowest BCUT2D eigenvalue weighted by molar-refractivity contribution is -0.118. The fourth-order valence-corrected chi connectivity index (χ4v) is 6.19. The molecule has 0 bridgehead atoms. The molecule has 6 heteroatoms. The molecule has 5 nitrogen and oxygen atoms in total. The molecule has 0 aliphatic carbocycles. The Hall–Kier alpha value is -2.34. The average molecular weight is 399 g/mol. The van der Waals surface area contributed by atoms with Crippen LogP contribution < -0.4 is 9.80 Å². The Morgan fingerprint density at radius 3 is 2.07 bits per heavy atom. The largest absolute Gasteiger partial charge is 0.356 e. The summed E-state index contributed by atoms with van der Waals surface area (Å²) in [6, 6.07) is 16.9. The second-order valence-electron chi connectivity index (χ2n) is 8.74. The molecule has 2 atom stereocenters. The predicted octanol–water partition coefficient (Wildman–Crippen LogP) is 3.00. The van der Waals surface area contributed by atoms with E-state index in [0.29, 0.717) is 0 Å². The number of amides is 1. The highest BCUT2D eigenvalue weighted by Gasteiger charge is 2.49. The summed E-state index contributed by atoms with van der Waals surface area (Å²) in [5.41, 5.74) is 2.92. The van der Waals surface area contributed by atoms with Gasteiger partial charge in [0.05, 0.1) is 30.1 Å². The summed E-state index contributed by atoms with van der Waals surface area (Å²) in [5, 5.41) is 0. The van der Waals surface area contributed by atoms with Crippen LogP contribution in [0.1, 0.15) is 26.3 Å². The molecule has 0 radical (unpaired) electrons. The van der Waals surface area contributed by atoms with Crippen LogP contribution in [0.3, 0.4) is 0 Å². The van der Waals surface area contributed by atoms with Gasteiger partial charge in [-0.15, -0.1) is 0 Å². The van der Waals surface area contributed by atoms with Gasteiger partial charge in [-0.05, 0) is 35.2 Å². The second-order valence-corrected chi connectivity index (χ2v) is 10.9. The Morgan fingerprint density at radius 1 is 0.857 bits per heavy atom. The number of rotatable bonds is 2. The van der Waals surface area contributed by atoms with Crippen LogP contribution in [0.15, 0.2) is 54.6 Å². The van der Waals surface area contributed by atoms with Crippen molar-refractivity contribution in [2.24, 2.45) is 0 Å². The lowest BCUT2D eigenvalue weighted by Gasteiger charge is -2.44. The van der Waals surface area contributed by atoms with Gasteiger partial charge in [0, 0.05) is 11.4 Å². The number of hydrogen-bond donors (Lipinski definition) is 0. The molecular weight excluding hydrogens is 372 g/mol. The fourth-order valence-electron chi connectivity index (χ4n) is 4.24. The SMILES string of the molecule is CC(C)(C)c1ccc(N2CC(=O)N(c3ccccc3)[C@@H]3CS(=O)(=O)C[C@H]32)cc1. The van der Waals surface area contributed by atoms with Crippen molar-refractivity contribution in [1.82, 2.24) is 0 Å². The van der Waals surface area contributed by atoms with E-state index in [0.717, 1.165) is 11.4 Å². The van der Waals surface area contributed by atoms with Crippen LogP contribution in [0.4, 0.5) is 11.4 Å². The van der Waals surface area contributed by atoms with Gasteiger partial charge in [0.2, 0.25) is 5.91 Å². The number of hydrogen-bond acceptors (Lipinski definition) is 4. The van der Waals surface area contributed by atoms with Gasteiger partial charge in [0.25, 0.3) is 0 Å². The minimum absolute atomic E-state index is 0.00881. The standard InChI is InChI=1S/C22H26N2O3S/c1-22(2,3)16-9-11-17(12-10-16)23-13-21(25)24(18-7-5-4-6-8-18)20-15-28(26,27)14-19(20)23/h4-12,19-20H,13-15H2,1-3H3/t19-,20-/m1/s1. The Bertz CT molecular complexity index is 979. The number of carbonyl (C=O) groups is 1. The van der Waals surface area contributed by atoms with Gasteiger partial charge in [-0.3, -0.25) is 4.79 Å². The van der Waals surface area contributed by atoms with Gasteiger partial charge in [-0.1, -0.05) is 51.1 Å². The van der Waals surface area contributed by atoms with E-state index >= 15 is 0 Å². The Balaban J connectivity index is 1.71. The van der Waals surface area contributed by atoms with E-state index in [9.17, 15) is 13.2 Å². The normalized spacial score (nSPS) is 24.3. The van der Waals surface area contributed by atoms with E-state index in [1.807, 2.05) is 47.4 Å². The lowest BCUT2D eigenvalue weighted by atomic mass is 9.87. The molecule has 1 amide bonds. The minimum Gasteiger partial charge on any atom is -0.356 e. The quantitative estimate of drug-likeness (QED) is 0.780. The summed E-state index contributed by atoms with van der Waals surface area (Å²) in [7, 11) is -3.20. The van der Waals surface area contributed by atoms with Crippen LogP contribution in [0.5, 0.6) is 0 Å². The molecule has 28 heavy (non-hydrogen) atoms. The first kappa shape index (κ1) is 19.0. The van der Waals surface area contributed by atoms with Gasteiger partial charge in [-0.2, -0.15) is 0 Å². The molecule has 2 fully saturated rings. The summed E-state index contributed by atoms with van der Waals surface area (Å²) in [4.78, 5) is 16.7. The van der Waals surface area contributed by atoms with Crippen LogP contribution in [0, 0.1) is 0 Å². The maximum Gasteiger partial charge on any atom is 0.246 e.